The van der Waals surface area contributed by atoms with Gasteiger partial charge < -0.3 is 0 Å². The van der Waals surface area contributed by atoms with Gasteiger partial charge in [0.15, 0.2) is 0 Å². The van der Waals surface area contributed by atoms with E-state index in [0.717, 1.165) is 0 Å². The molecule has 0 rings (SSSR count). The minimum Gasteiger partial charge on any atom is -0.0687 e. The maximum atomic E-state index is 3.31. The van der Waals surface area contributed by atoms with Gasteiger partial charge in [-0.3, -0.25) is 0 Å². The molecule has 0 saturated carbocycles. The van der Waals surface area contributed by atoms with Crippen LogP contribution in [0, 0.1) is 0 Å². The standard InChI is InChI=1S/C44H4/c1-3-5-7-9-11-13-15-17-19-21-23-25-27-29-31-33-35-37-39-41-43-44-42-40-38-36-34-32-30-28-26-24-22-20-18-16-14-12-10-8-6-4-2/h1-2H2. The average Bonchev–Trinajstić information content (AvgIpc) is 3.04. The molecule has 44 heavy (non-hydrogen) atoms. The lowest BCUT2D eigenvalue weighted by Gasteiger charge is -1.41. The summed E-state index contributed by atoms with van der Waals surface area (Å²) in [6.45, 7) is 6.62. The Labute approximate surface area is 253 Å². The molecule has 0 aromatic carbocycles. The molecule has 0 aliphatic heterocycles. The first-order valence-electron chi connectivity index (χ1n) is 11.0. The van der Waals surface area contributed by atoms with Crippen LogP contribution in [0.15, 0.2) is 254 Å². The van der Waals surface area contributed by atoms with Crippen LogP contribution in [0.1, 0.15) is 0 Å². The van der Waals surface area contributed by atoms with Crippen LogP contribution in [0.2, 0.25) is 0 Å². The summed E-state index contributed by atoms with van der Waals surface area (Å²) in [7, 11) is 0. The van der Waals surface area contributed by atoms with Gasteiger partial charge in [-0.25, -0.2) is 0 Å². The molecule has 0 saturated heterocycles. The quantitative estimate of drug-likeness (QED) is 0.287. The van der Waals surface area contributed by atoms with Crippen LogP contribution >= 0.6 is 0 Å². The number of hydrogen-bond acceptors (Lipinski definition) is 0. The van der Waals surface area contributed by atoms with E-state index < -0.39 is 0 Å². The summed E-state index contributed by atoms with van der Waals surface area (Å²) in [5.74, 6) is 0. The fourth-order valence-electron chi connectivity index (χ4n) is 1.28. The monoisotopic (exact) mass is 532 g/mol. The van der Waals surface area contributed by atoms with Crippen LogP contribution in [0.4, 0.5) is 0 Å². The number of hydrogen-bond donors (Lipinski definition) is 0. The molecule has 0 heterocycles. The van der Waals surface area contributed by atoms with E-state index in [4.69, 9.17) is 0 Å². The highest BCUT2D eigenvalue weighted by atomic mass is 13.5. The highest BCUT2D eigenvalue weighted by molar-refractivity contribution is 4.96. The highest BCUT2D eigenvalue weighted by Gasteiger charge is 1.45. The predicted octanol–water partition coefficient (Wildman–Crippen LogP) is 7.32. The van der Waals surface area contributed by atoms with Gasteiger partial charge >= 0.3 is 0 Å². The van der Waals surface area contributed by atoms with Gasteiger partial charge in [-0.05, 0) is 105 Å². The Balaban J connectivity index is 6.05. The molecule has 0 spiro atoms. The SMILES string of the molecule is C=C=C=C=C=C=C=C=C=C=C=C=C=C=C=C=C=C=C=C=C=C=C=C=C=C=C=C=C=C=C=C=C=C=C=C=C=C=C=C=C=C=C=C. The van der Waals surface area contributed by atoms with E-state index in [2.05, 4.69) is 254 Å². The summed E-state index contributed by atoms with van der Waals surface area (Å²) >= 11 is 0. The molecule has 0 amide bonds. The van der Waals surface area contributed by atoms with Crippen molar-refractivity contribution in [2.45, 2.75) is 0 Å². The molecular weight excluding hydrogens is 528 g/mol. The van der Waals surface area contributed by atoms with E-state index in [9.17, 15) is 0 Å². The van der Waals surface area contributed by atoms with Gasteiger partial charge in [0.2, 0.25) is 0 Å². The Morgan fingerprint density at radius 2 is 0.182 bits per heavy atom. The van der Waals surface area contributed by atoms with E-state index in [-0.39, 0.29) is 0 Å². The molecule has 0 aromatic rings. The molecule has 0 aliphatic rings. The molecule has 0 aliphatic carbocycles. The van der Waals surface area contributed by atoms with Crippen molar-refractivity contribution in [3.8, 4) is 0 Å². The minimum absolute atomic E-state index is 2.37. The number of rotatable bonds is 0. The highest BCUT2D eigenvalue weighted by Crippen LogP contribution is 1.60. The second kappa shape index (κ2) is 33.5. The molecule has 0 bridgehead atoms. The van der Waals surface area contributed by atoms with Crippen molar-refractivity contribution in [3.63, 3.8) is 0 Å². The molecule has 0 aromatic heterocycles. The van der Waals surface area contributed by atoms with E-state index in [1.807, 2.05) is 0 Å². The summed E-state index contributed by atoms with van der Waals surface area (Å²) in [5.41, 5.74) is 104. The first-order chi connectivity index (χ1) is 21.9. The largest absolute Gasteiger partial charge is 0.0687 e. The van der Waals surface area contributed by atoms with Crippen LogP contribution in [0.5, 0.6) is 0 Å². The third kappa shape index (κ3) is 32.5. The van der Waals surface area contributed by atoms with Crippen LogP contribution in [-0.2, 0) is 0 Å². The Morgan fingerprint density at radius 1 is 0.114 bits per heavy atom. The van der Waals surface area contributed by atoms with Crippen LogP contribution < -0.4 is 0 Å². The Kier molecular flexibility index (Phi) is 26.3. The van der Waals surface area contributed by atoms with Gasteiger partial charge in [0.05, 0.1) is 0 Å². The second-order valence-electron chi connectivity index (χ2n) is 5.35. The first kappa shape index (κ1) is 34.5. The first-order valence-corrected chi connectivity index (χ1v) is 11.0. The van der Waals surface area contributed by atoms with E-state index in [1.54, 1.807) is 0 Å². The summed E-state index contributed by atoms with van der Waals surface area (Å²) in [5, 5.41) is 0. The summed E-state index contributed by atoms with van der Waals surface area (Å²) in [6.07, 6.45) is 0. The lowest BCUT2D eigenvalue weighted by atomic mass is 10.6. The summed E-state index contributed by atoms with van der Waals surface area (Å²) < 4.78 is 0. The third-order valence-electron chi connectivity index (χ3n) is 2.61. The fourth-order valence-corrected chi connectivity index (χ4v) is 1.28. The van der Waals surface area contributed by atoms with Crippen LogP contribution in [0.25, 0.3) is 0 Å². The van der Waals surface area contributed by atoms with Crippen molar-refractivity contribution in [2.24, 2.45) is 0 Å². The van der Waals surface area contributed by atoms with Gasteiger partial charge in [0.1, 0.15) is 0 Å². The zero-order chi connectivity index (χ0) is 31.7. The van der Waals surface area contributed by atoms with Gasteiger partial charge in [-0.2, -0.15) is 0 Å². The van der Waals surface area contributed by atoms with Crippen molar-refractivity contribution >= 4 is 0 Å². The molecule has 180 valence electrons. The summed E-state index contributed by atoms with van der Waals surface area (Å²) in [6, 6.07) is 0. The fraction of sp³-hybridized carbons (Fsp3) is 0. The predicted molar refractivity (Wildman–Crippen MR) is 159 cm³/mol. The smallest absolute Gasteiger partial charge is 0 e. The van der Waals surface area contributed by atoms with Gasteiger partial charge in [0, 0.05) is 138 Å². The molecule has 0 unspecified atom stereocenters. The maximum Gasteiger partial charge on any atom is 0 e. The Morgan fingerprint density at radius 3 is 0.250 bits per heavy atom. The van der Waals surface area contributed by atoms with Crippen molar-refractivity contribution in [3.05, 3.63) is 254 Å². The third-order valence-corrected chi connectivity index (χ3v) is 2.61. The van der Waals surface area contributed by atoms with Crippen molar-refractivity contribution in [1.29, 1.82) is 0 Å². The van der Waals surface area contributed by atoms with Crippen molar-refractivity contribution in [1.82, 2.24) is 0 Å². The maximum absolute atomic E-state index is 3.31. The molecule has 0 nitrogen and oxygen atoms in total. The normalized spacial score (nSPS) is 3.91. The van der Waals surface area contributed by atoms with Crippen molar-refractivity contribution in [2.75, 3.05) is 0 Å². The van der Waals surface area contributed by atoms with Gasteiger partial charge in [0.25, 0.3) is 0 Å². The minimum atomic E-state index is 2.37. The average molecular weight is 533 g/mol. The van der Waals surface area contributed by atoms with Gasteiger partial charge in [-0.1, -0.05) is 11.5 Å². The second-order valence-corrected chi connectivity index (χ2v) is 5.35. The van der Waals surface area contributed by atoms with Crippen LogP contribution in [-0.4, -0.2) is 0 Å². The molecule has 0 N–H and O–H groups in total. The zero-order valence-electron chi connectivity index (χ0n) is 22.4. The molecule has 0 atom stereocenters. The topological polar surface area (TPSA) is 0 Å². The van der Waals surface area contributed by atoms with E-state index >= 15 is 0 Å². The van der Waals surface area contributed by atoms with Crippen LogP contribution in [0.3, 0.4) is 0 Å². The van der Waals surface area contributed by atoms with E-state index in [0.29, 0.717) is 0 Å². The molecule has 0 fully saturated rings. The Hall–Kier alpha value is -9.50. The van der Waals surface area contributed by atoms with E-state index in [1.165, 1.54) is 0 Å². The molecule has 0 radical (unpaired) electrons. The zero-order valence-corrected chi connectivity index (χ0v) is 22.4. The molecular formula is C44H4. The van der Waals surface area contributed by atoms with Crippen molar-refractivity contribution < 1.29 is 0 Å². The lowest BCUT2D eigenvalue weighted by molar-refractivity contribution is 2.10. The Bertz CT molecular complexity index is 2710. The van der Waals surface area contributed by atoms with Gasteiger partial charge in [-0.15, -0.1) is 0 Å². The molecule has 0 heteroatoms. The summed E-state index contributed by atoms with van der Waals surface area (Å²) in [4.78, 5) is 0. The lowest BCUT2D eigenvalue weighted by Crippen LogP contribution is -1.25.